The van der Waals surface area contributed by atoms with Crippen LogP contribution in [-0.2, 0) is 24.5 Å². The lowest BCUT2D eigenvalue weighted by atomic mass is 9.79. The molecule has 0 aliphatic heterocycles. The van der Waals surface area contributed by atoms with E-state index in [9.17, 15) is 23.1 Å². The summed E-state index contributed by atoms with van der Waals surface area (Å²) in [7, 11) is -2.90. The van der Waals surface area contributed by atoms with Crippen LogP contribution in [0, 0.1) is 11.3 Å². The van der Waals surface area contributed by atoms with Gasteiger partial charge in [0.05, 0.1) is 32.9 Å². The summed E-state index contributed by atoms with van der Waals surface area (Å²) >= 11 is 5.86. The van der Waals surface area contributed by atoms with Gasteiger partial charge in [0.25, 0.3) is 5.91 Å². The number of hydrogen-bond donors (Lipinski definition) is 2. The van der Waals surface area contributed by atoms with E-state index in [-0.39, 0.29) is 46.4 Å². The molecule has 8 nitrogen and oxygen atoms in total. The standard InChI is InChI=1S/C26H35ClF3N3O3.O2S/c1-6-33-22(18-8-7-17(13-19(18)36-5)14-24(3,4)26(28,29)30)20(27)21(32-33)23(34)31-15-25(35)11-9-16(2)10-12-25;1-3-2/h7-8,13,16,35H,6,9-12,14-15H2,1-5H3,(H,31,34);/i5D3;. The number of carbonyl (C=O) groups excluding carboxylic acids is 1. The molecule has 2 aromatic rings. The molecule has 1 saturated carbocycles. The van der Waals surface area contributed by atoms with E-state index < -0.39 is 48.1 Å². The van der Waals surface area contributed by atoms with Crippen LogP contribution in [0.15, 0.2) is 18.2 Å². The molecule has 1 amide bonds. The molecule has 1 aromatic heterocycles. The van der Waals surface area contributed by atoms with Crippen LogP contribution in [-0.4, -0.2) is 54.6 Å². The Hall–Kier alpha value is -2.44. The SMILES string of the molecule is O=S=O.[2H]C([2H])([2H])Oc1cc(CC(C)(C)C(F)(F)F)ccc1-c1c(Cl)c(C(=O)NCC2(O)CCC(C)CC2)nn1CC. The smallest absolute Gasteiger partial charge is 0.394 e. The number of benzene rings is 1. The van der Waals surface area contributed by atoms with E-state index in [1.807, 2.05) is 0 Å². The van der Waals surface area contributed by atoms with Crippen molar-refractivity contribution in [1.82, 2.24) is 15.1 Å². The van der Waals surface area contributed by atoms with Gasteiger partial charge in [0, 0.05) is 18.7 Å². The molecule has 39 heavy (non-hydrogen) atoms. The van der Waals surface area contributed by atoms with Crippen LogP contribution < -0.4 is 10.1 Å². The monoisotopic (exact) mass is 596 g/mol. The van der Waals surface area contributed by atoms with Crippen LogP contribution in [0.2, 0.25) is 5.02 Å². The molecule has 0 atom stereocenters. The van der Waals surface area contributed by atoms with E-state index in [1.165, 1.54) is 22.9 Å². The number of amides is 1. The molecule has 0 saturated heterocycles. The Balaban J connectivity index is 0.00000197. The van der Waals surface area contributed by atoms with Crippen molar-refractivity contribution in [3.8, 4) is 17.0 Å². The topological polar surface area (TPSA) is 111 Å². The summed E-state index contributed by atoms with van der Waals surface area (Å²) in [6.07, 6.45) is -2.07. The first-order valence-corrected chi connectivity index (χ1v) is 13.4. The maximum Gasteiger partial charge on any atom is 0.394 e. The molecule has 1 fully saturated rings. The highest BCUT2D eigenvalue weighted by Gasteiger charge is 2.47. The summed E-state index contributed by atoms with van der Waals surface area (Å²) in [5, 5.41) is 17.8. The average molecular weight is 597 g/mol. The number of halogens is 4. The second kappa shape index (κ2) is 13.3. The third-order valence-electron chi connectivity index (χ3n) is 7.02. The highest BCUT2D eigenvalue weighted by Crippen LogP contribution is 2.42. The summed E-state index contributed by atoms with van der Waals surface area (Å²) in [5.74, 6) is -0.308. The molecule has 2 N–H and O–H groups in total. The van der Waals surface area contributed by atoms with E-state index in [4.69, 9.17) is 28.9 Å². The van der Waals surface area contributed by atoms with Crippen molar-refractivity contribution in [1.29, 1.82) is 0 Å². The molecule has 1 aliphatic rings. The quantitative estimate of drug-likeness (QED) is 0.424. The van der Waals surface area contributed by atoms with Crippen molar-refractivity contribution in [3.05, 3.63) is 34.5 Å². The van der Waals surface area contributed by atoms with Crippen molar-refractivity contribution < 1.29 is 40.3 Å². The number of alkyl halides is 3. The summed E-state index contributed by atoms with van der Waals surface area (Å²) in [6.45, 7) is 6.25. The van der Waals surface area contributed by atoms with Crippen LogP contribution in [0.1, 0.15) is 73.5 Å². The van der Waals surface area contributed by atoms with Crippen molar-refractivity contribution in [2.75, 3.05) is 13.6 Å². The zero-order valence-corrected chi connectivity index (χ0v) is 23.7. The Morgan fingerprint density at radius 3 is 2.49 bits per heavy atom. The van der Waals surface area contributed by atoms with Gasteiger partial charge in [-0.25, -0.2) is 0 Å². The first kappa shape index (κ1) is 28.1. The van der Waals surface area contributed by atoms with Gasteiger partial charge >= 0.3 is 17.7 Å². The van der Waals surface area contributed by atoms with Gasteiger partial charge in [0.2, 0.25) is 0 Å². The van der Waals surface area contributed by atoms with Gasteiger partial charge in [-0.3, -0.25) is 9.48 Å². The molecule has 1 aliphatic carbocycles. The Morgan fingerprint density at radius 2 is 1.95 bits per heavy atom. The van der Waals surface area contributed by atoms with E-state index in [2.05, 4.69) is 17.3 Å². The number of aryl methyl sites for hydroxylation is 1. The van der Waals surface area contributed by atoms with E-state index in [0.29, 0.717) is 18.8 Å². The van der Waals surface area contributed by atoms with Crippen LogP contribution in [0.4, 0.5) is 13.2 Å². The van der Waals surface area contributed by atoms with Gasteiger partial charge in [-0.05, 0) is 62.6 Å². The van der Waals surface area contributed by atoms with Crippen LogP contribution >= 0.6 is 11.6 Å². The van der Waals surface area contributed by atoms with Gasteiger partial charge in [0.1, 0.15) is 5.75 Å². The summed E-state index contributed by atoms with van der Waals surface area (Å²) in [5.41, 5.74) is -2.64. The second-order valence-electron chi connectivity index (χ2n) is 10.5. The van der Waals surface area contributed by atoms with Crippen molar-refractivity contribution in [2.24, 2.45) is 11.3 Å². The van der Waals surface area contributed by atoms with E-state index >= 15 is 0 Å². The molecule has 0 unspecified atom stereocenters. The minimum Gasteiger partial charge on any atom is -0.496 e. The molecule has 218 valence electrons. The molecular weight excluding hydrogens is 559 g/mol. The fourth-order valence-corrected chi connectivity index (χ4v) is 4.77. The fourth-order valence-electron chi connectivity index (χ4n) is 4.44. The highest BCUT2D eigenvalue weighted by molar-refractivity contribution is 7.51. The molecule has 0 bridgehead atoms. The van der Waals surface area contributed by atoms with Crippen LogP contribution in [0.5, 0.6) is 5.75 Å². The molecule has 0 radical (unpaired) electrons. The Morgan fingerprint density at radius 1 is 1.33 bits per heavy atom. The predicted molar refractivity (Wildman–Crippen MR) is 142 cm³/mol. The van der Waals surface area contributed by atoms with E-state index in [1.54, 1.807) is 6.92 Å². The van der Waals surface area contributed by atoms with Gasteiger partial charge in [-0.1, -0.05) is 38.4 Å². The molecule has 1 heterocycles. The summed E-state index contributed by atoms with van der Waals surface area (Å²) in [6, 6.07) is 4.11. The lowest BCUT2D eigenvalue weighted by Gasteiger charge is -2.34. The molecule has 0 spiro atoms. The Labute approximate surface area is 239 Å². The number of nitrogens with zero attached hydrogens (tertiary/aromatic N) is 2. The average Bonchev–Trinajstić information content (AvgIpc) is 3.19. The van der Waals surface area contributed by atoms with Crippen molar-refractivity contribution in [2.45, 2.75) is 78.1 Å². The number of nitrogens with one attached hydrogen (secondary N) is 1. The van der Waals surface area contributed by atoms with Crippen LogP contribution in [0.25, 0.3) is 11.3 Å². The van der Waals surface area contributed by atoms with Crippen LogP contribution in [0.3, 0.4) is 0 Å². The van der Waals surface area contributed by atoms with Gasteiger partial charge in [0.15, 0.2) is 5.69 Å². The number of carbonyl (C=O) groups is 1. The Bertz CT molecular complexity index is 1290. The molecular formula is C26H35ClF3N3O5S. The lowest BCUT2D eigenvalue weighted by molar-refractivity contribution is -0.211. The summed E-state index contributed by atoms with van der Waals surface area (Å²) < 4.78 is 86.3. The van der Waals surface area contributed by atoms with Crippen molar-refractivity contribution >= 4 is 29.1 Å². The fraction of sp³-hybridized carbons (Fsp3) is 0.615. The molecule has 3 rings (SSSR count). The number of methoxy groups -OCH3 is 1. The summed E-state index contributed by atoms with van der Waals surface area (Å²) in [4.78, 5) is 13.0. The normalized spacial score (nSPS) is 21.1. The lowest BCUT2D eigenvalue weighted by Crippen LogP contribution is -2.45. The zero-order valence-electron chi connectivity index (χ0n) is 25.2. The number of hydrogen-bond acceptors (Lipinski definition) is 6. The maximum atomic E-state index is 13.5. The molecule has 1 aromatic carbocycles. The third-order valence-corrected chi connectivity index (χ3v) is 7.37. The maximum absolute atomic E-state index is 13.5. The molecule has 13 heteroatoms. The minimum atomic E-state index is -4.48. The Kier molecular flexibility index (Phi) is 9.57. The van der Waals surface area contributed by atoms with Gasteiger partial charge in [-0.2, -0.15) is 26.7 Å². The first-order valence-electron chi connectivity index (χ1n) is 13.8. The second-order valence-corrected chi connectivity index (χ2v) is 11.0. The zero-order chi connectivity index (χ0) is 32.1. The third kappa shape index (κ3) is 8.04. The highest BCUT2D eigenvalue weighted by atomic mass is 35.5. The first-order chi connectivity index (χ1) is 19.3. The van der Waals surface area contributed by atoms with Crippen molar-refractivity contribution in [3.63, 3.8) is 0 Å². The number of rotatable bonds is 8. The number of aliphatic hydroxyl groups is 1. The number of aromatic nitrogens is 2. The van der Waals surface area contributed by atoms with E-state index in [0.717, 1.165) is 26.7 Å². The largest absolute Gasteiger partial charge is 0.496 e. The number of ether oxygens (including phenoxy) is 1. The van der Waals surface area contributed by atoms with Gasteiger partial charge in [-0.15, -0.1) is 0 Å². The minimum absolute atomic E-state index is 0.0281. The predicted octanol–water partition coefficient (Wildman–Crippen LogP) is 5.36. The van der Waals surface area contributed by atoms with Gasteiger partial charge < -0.3 is 15.2 Å².